The Balaban J connectivity index is 0. The zero-order valence-corrected chi connectivity index (χ0v) is 11.3. The van der Waals surface area contributed by atoms with Gasteiger partial charge in [0.15, 0.2) is 0 Å². The van der Waals surface area contributed by atoms with Crippen LogP contribution in [0, 0.1) is 5.92 Å². The molecule has 0 spiro atoms. The molecule has 0 atom stereocenters. The minimum absolute atomic E-state index is 0. The summed E-state index contributed by atoms with van der Waals surface area (Å²) in [6.07, 6.45) is 15.9. The summed E-state index contributed by atoms with van der Waals surface area (Å²) >= 11 is 1.30. The second-order valence-corrected chi connectivity index (χ2v) is 4.97. The van der Waals surface area contributed by atoms with Crippen LogP contribution in [0.2, 0.25) is 4.18 Å². The predicted octanol–water partition coefficient (Wildman–Crippen LogP) is 3.68. The molecule has 2 aliphatic carbocycles. The van der Waals surface area contributed by atoms with E-state index in [1.807, 2.05) is 0 Å². The molecule has 0 unspecified atom stereocenters. The van der Waals surface area contributed by atoms with Crippen LogP contribution in [-0.4, -0.2) is 0 Å². The van der Waals surface area contributed by atoms with Crippen molar-refractivity contribution in [2.24, 2.45) is 5.92 Å². The standard InChI is InChI=1S/C12H13.Hf.3H/c1-10(11-6-2-3-7-11)12-8-4-5-9-12;;;;/h2-6,8,10H,1,7,9H2;;;;/q;+3;3*-1. The first kappa shape index (κ1) is 9.39. The van der Waals surface area contributed by atoms with E-state index in [0.29, 0.717) is 0 Å². The summed E-state index contributed by atoms with van der Waals surface area (Å²) in [7, 11) is 0. The van der Waals surface area contributed by atoms with Gasteiger partial charge in [0.05, 0.1) is 0 Å². The number of rotatable bonds is 3. The first-order valence-electron chi connectivity index (χ1n) is 4.77. The van der Waals surface area contributed by atoms with Gasteiger partial charge in [0.2, 0.25) is 0 Å². The van der Waals surface area contributed by atoms with Gasteiger partial charge in [0.1, 0.15) is 0 Å². The van der Waals surface area contributed by atoms with Crippen molar-refractivity contribution < 1.29 is 28.7 Å². The van der Waals surface area contributed by atoms with Gasteiger partial charge in [-0.25, -0.2) is 0 Å². The molecular weight excluding hydrogens is 323 g/mol. The zero-order valence-electron chi connectivity index (χ0n) is 10.7. The molecule has 0 saturated carbocycles. The van der Waals surface area contributed by atoms with Crippen molar-refractivity contribution in [2.75, 3.05) is 0 Å². The first-order valence-corrected chi connectivity index (χ1v) is 7.31. The summed E-state index contributed by atoms with van der Waals surface area (Å²) in [5.74, 6) is 0.761. The average molecular weight is 339 g/mol. The molecule has 0 radical (unpaired) electrons. The molecule has 0 aromatic carbocycles. The Bertz CT molecular complexity index is 286. The van der Waals surface area contributed by atoms with Crippen molar-refractivity contribution in [2.45, 2.75) is 17.0 Å². The van der Waals surface area contributed by atoms with Gasteiger partial charge in [-0.05, 0) is 0 Å². The molecule has 0 fully saturated rings. The molecule has 0 nitrogen and oxygen atoms in total. The van der Waals surface area contributed by atoms with E-state index in [1.54, 1.807) is 11.1 Å². The van der Waals surface area contributed by atoms with Crippen LogP contribution < -0.4 is 0 Å². The van der Waals surface area contributed by atoms with E-state index in [1.165, 1.54) is 41.4 Å². The molecule has 0 heterocycles. The van der Waals surface area contributed by atoms with Gasteiger partial charge in [-0.1, -0.05) is 0 Å². The van der Waals surface area contributed by atoms with E-state index >= 15 is 0 Å². The van der Waals surface area contributed by atoms with Gasteiger partial charge < -0.3 is 4.28 Å². The van der Waals surface area contributed by atoms with Crippen LogP contribution in [0.3, 0.4) is 0 Å². The molecule has 0 bridgehead atoms. The number of hydrogen-bond acceptors (Lipinski definition) is 0. The molecule has 0 saturated heterocycles. The monoisotopic (exact) mass is 340 g/mol. The molecule has 68 valence electrons. The quantitative estimate of drug-likeness (QED) is 0.689. The average Bonchev–Trinajstić information content (AvgIpc) is 2.76. The van der Waals surface area contributed by atoms with Crippen LogP contribution in [-0.2, 0) is 24.4 Å². The predicted molar refractivity (Wildman–Crippen MR) is 55.3 cm³/mol. The van der Waals surface area contributed by atoms with Crippen LogP contribution >= 0.6 is 0 Å². The third-order valence-corrected chi connectivity index (χ3v) is 4.17. The second kappa shape index (κ2) is 4.36. The summed E-state index contributed by atoms with van der Waals surface area (Å²) in [5.41, 5.74) is 3.26. The van der Waals surface area contributed by atoms with Crippen molar-refractivity contribution in [1.29, 1.82) is 0 Å². The third kappa shape index (κ3) is 2.01. The zero-order chi connectivity index (χ0) is 9.10. The van der Waals surface area contributed by atoms with E-state index in [9.17, 15) is 0 Å². The normalized spacial score (nSPS) is 19.9. The van der Waals surface area contributed by atoms with Crippen LogP contribution in [0.25, 0.3) is 0 Å². The second-order valence-electron chi connectivity index (χ2n) is 3.50. The van der Waals surface area contributed by atoms with Crippen molar-refractivity contribution >= 4 is 0 Å². The first-order chi connectivity index (χ1) is 6.42. The molecule has 0 aromatic rings. The molecule has 2 rings (SSSR count). The van der Waals surface area contributed by atoms with Crippen LogP contribution in [0.5, 0.6) is 0 Å². The number of hydrogen-bond donors (Lipinski definition) is 0. The Labute approximate surface area is 99.1 Å². The van der Waals surface area contributed by atoms with Crippen LogP contribution in [0.4, 0.5) is 0 Å². The molecule has 13 heavy (non-hydrogen) atoms. The molecule has 0 N–H and O–H groups in total. The third-order valence-electron chi connectivity index (χ3n) is 2.70. The summed E-state index contributed by atoms with van der Waals surface area (Å²) in [4.78, 5) is 0. The summed E-state index contributed by atoms with van der Waals surface area (Å²) in [5, 5.41) is 0. The summed E-state index contributed by atoms with van der Waals surface area (Å²) in [6.45, 7) is 0. The van der Waals surface area contributed by atoms with Gasteiger partial charge in [-0.3, -0.25) is 0 Å². The van der Waals surface area contributed by atoms with Crippen molar-refractivity contribution in [1.82, 2.24) is 0 Å². The Morgan fingerprint density at radius 1 is 1.15 bits per heavy atom. The van der Waals surface area contributed by atoms with E-state index in [2.05, 4.69) is 36.5 Å². The van der Waals surface area contributed by atoms with E-state index in [-0.39, 0.29) is 4.28 Å². The van der Waals surface area contributed by atoms with Gasteiger partial charge >= 0.3 is 94.9 Å². The van der Waals surface area contributed by atoms with E-state index in [0.717, 1.165) is 5.92 Å². The Kier molecular flexibility index (Phi) is 3.15. The van der Waals surface area contributed by atoms with Gasteiger partial charge in [-0.2, -0.15) is 0 Å². The summed E-state index contributed by atoms with van der Waals surface area (Å²) in [6, 6.07) is 0. The van der Waals surface area contributed by atoms with Crippen molar-refractivity contribution in [3.8, 4) is 0 Å². The van der Waals surface area contributed by atoms with Gasteiger partial charge in [-0.15, -0.1) is 0 Å². The molecule has 2 aliphatic rings. The molecular formula is C12H16Hf. The van der Waals surface area contributed by atoms with Crippen LogP contribution in [0.15, 0.2) is 47.6 Å². The van der Waals surface area contributed by atoms with Gasteiger partial charge in [0.25, 0.3) is 0 Å². The Morgan fingerprint density at radius 2 is 1.69 bits per heavy atom. The molecule has 0 aliphatic heterocycles. The Morgan fingerprint density at radius 3 is 2.00 bits per heavy atom. The maximum atomic E-state index is 2.31. The SMILES string of the molecule is [H-].[H-].[H-].[Hf+3][CH2]C(C1=CC=CC1)C1=CC=CC1. The fraction of sp³-hybridized carbons (Fsp3) is 0.333. The topological polar surface area (TPSA) is 0 Å². The van der Waals surface area contributed by atoms with Crippen LogP contribution in [0.1, 0.15) is 17.1 Å². The van der Waals surface area contributed by atoms with Crippen molar-refractivity contribution in [3.05, 3.63) is 47.6 Å². The molecule has 0 amide bonds. The fourth-order valence-corrected chi connectivity index (χ4v) is 3.83. The van der Waals surface area contributed by atoms with Gasteiger partial charge in [0, 0.05) is 0 Å². The molecule has 1 heteroatoms. The maximum absolute atomic E-state index is 2.31. The van der Waals surface area contributed by atoms with Crippen molar-refractivity contribution in [3.63, 3.8) is 0 Å². The van der Waals surface area contributed by atoms with E-state index in [4.69, 9.17) is 0 Å². The Hall–Kier alpha value is -0.170. The number of allylic oxidation sites excluding steroid dienone is 8. The van der Waals surface area contributed by atoms with E-state index < -0.39 is 0 Å². The fourth-order valence-electron chi connectivity index (χ4n) is 1.94. The molecule has 0 aromatic heterocycles. The summed E-state index contributed by atoms with van der Waals surface area (Å²) < 4.78 is 1.38. The minimum atomic E-state index is 0.